The van der Waals surface area contributed by atoms with E-state index in [1.54, 1.807) is 6.26 Å². The molecular weight excluding hydrogens is 310 g/mol. The van der Waals surface area contributed by atoms with Crippen molar-refractivity contribution in [2.45, 2.75) is 31.7 Å². The molecular formula is C22H21NO2. The lowest BCUT2D eigenvalue weighted by atomic mass is 9.74. The lowest BCUT2D eigenvalue weighted by Crippen LogP contribution is -2.43. The van der Waals surface area contributed by atoms with Gasteiger partial charge in [-0.05, 0) is 40.8 Å². The van der Waals surface area contributed by atoms with E-state index in [-0.39, 0.29) is 5.91 Å². The Balaban J connectivity index is 1.80. The molecule has 0 unspecified atom stereocenters. The van der Waals surface area contributed by atoms with Crippen LogP contribution in [-0.2, 0) is 16.8 Å². The molecule has 4 rings (SSSR count). The van der Waals surface area contributed by atoms with E-state index in [0.29, 0.717) is 6.54 Å². The minimum Gasteiger partial charge on any atom is -0.467 e. The smallest absolute Gasteiger partial charge is 0.235 e. The maximum atomic E-state index is 13.4. The Bertz CT molecular complexity index is 850. The van der Waals surface area contributed by atoms with Crippen molar-refractivity contribution in [3.05, 3.63) is 83.8 Å². The quantitative estimate of drug-likeness (QED) is 0.738. The Kier molecular flexibility index (Phi) is 3.92. The second-order valence-corrected chi connectivity index (χ2v) is 6.51. The zero-order valence-corrected chi connectivity index (χ0v) is 14.3. The van der Waals surface area contributed by atoms with Gasteiger partial charge in [0.1, 0.15) is 11.2 Å². The number of carbonyl (C=O) groups is 1. The van der Waals surface area contributed by atoms with Gasteiger partial charge in [0.15, 0.2) is 0 Å². The molecule has 0 atom stereocenters. The molecule has 2 aromatic carbocycles. The molecule has 0 saturated carbocycles. The van der Waals surface area contributed by atoms with Crippen LogP contribution in [0.2, 0.25) is 0 Å². The molecule has 0 aliphatic heterocycles. The van der Waals surface area contributed by atoms with Crippen molar-refractivity contribution in [2.75, 3.05) is 0 Å². The average Bonchev–Trinajstić information content (AvgIpc) is 3.26. The Morgan fingerprint density at radius 2 is 1.60 bits per heavy atom. The first-order chi connectivity index (χ1) is 12.3. The summed E-state index contributed by atoms with van der Waals surface area (Å²) in [5, 5.41) is 3.10. The molecule has 1 amide bonds. The number of carbonyl (C=O) groups excluding carboxylic acids is 1. The van der Waals surface area contributed by atoms with Crippen LogP contribution in [0.4, 0.5) is 0 Å². The molecule has 0 saturated heterocycles. The second kappa shape index (κ2) is 6.25. The van der Waals surface area contributed by atoms with Gasteiger partial charge in [-0.3, -0.25) is 4.79 Å². The van der Waals surface area contributed by atoms with Crippen molar-refractivity contribution in [1.82, 2.24) is 5.32 Å². The van der Waals surface area contributed by atoms with E-state index < -0.39 is 5.41 Å². The largest absolute Gasteiger partial charge is 0.467 e. The summed E-state index contributed by atoms with van der Waals surface area (Å²) in [4.78, 5) is 13.4. The van der Waals surface area contributed by atoms with E-state index in [9.17, 15) is 4.79 Å². The molecule has 1 aliphatic rings. The third-order valence-electron chi connectivity index (χ3n) is 5.08. The van der Waals surface area contributed by atoms with Gasteiger partial charge in [-0.15, -0.1) is 0 Å². The van der Waals surface area contributed by atoms with Crippen molar-refractivity contribution in [3.8, 4) is 11.1 Å². The first-order valence-corrected chi connectivity index (χ1v) is 8.77. The fraction of sp³-hybridized carbons (Fsp3) is 0.227. The van der Waals surface area contributed by atoms with Gasteiger partial charge in [0.2, 0.25) is 5.91 Å². The number of hydrogen-bond acceptors (Lipinski definition) is 2. The summed E-state index contributed by atoms with van der Waals surface area (Å²) in [6.07, 6.45) is 3.34. The van der Waals surface area contributed by atoms with Crippen LogP contribution >= 0.6 is 0 Å². The summed E-state index contributed by atoms with van der Waals surface area (Å²) in [7, 11) is 0. The lowest BCUT2D eigenvalue weighted by molar-refractivity contribution is -0.125. The molecule has 0 fully saturated rings. The SMILES string of the molecule is CCCC1(C(=O)NCc2ccco2)c2ccccc2-c2ccccc21. The number of amides is 1. The number of benzene rings is 2. The van der Waals surface area contributed by atoms with Crippen molar-refractivity contribution in [1.29, 1.82) is 0 Å². The molecule has 3 nitrogen and oxygen atoms in total. The number of furan rings is 1. The van der Waals surface area contributed by atoms with Crippen LogP contribution < -0.4 is 5.32 Å². The fourth-order valence-electron chi connectivity index (χ4n) is 4.06. The van der Waals surface area contributed by atoms with Crippen molar-refractivity contribution >= 4 is 5.91 Å². The predicted octanol–water partition coefficient (Wildman–Crippen LogP) is 4.66. The van der Waals surface area contributed by atoms with Gasteiger partial charge in [0, 0.05) is 0 Å². The molecule has 1 heterocycles. The topological polar surface area (TPSA) is 42.2 Å². The summed E-state index contributed by atoms with van der Waals surface area (Å²) in [5.41, 5.74) is 3.92. The third-order valence-corrected chi connectivity index (χ3v) is 5.08. The fourth-order valence-corrected chi connectivity index (χ4v) is 4.06. The van der Waals surface area contributed by atoms with Gasteiger partial charge in [-0.25, -0.2) is 0 Å². The van der Waals surface area contributed by atoms with Gasteiger partial charge in [0.05, 0.1) is 12.8 Å². The van der Waals surface area contributed by atoms with Crippen LogP contribution in [0.25, 0.3) is 11.1 Å². The Hall–Kier alpha value is -2.81. The molecule has 3 aromatic rings. The zero-order valence-electron chi connectivity index (χ0n) is 14.3. The predicted molar refractivity (Wildman–Crippen MR) is 98.1 cm³/mol. The minimum absolute atomic E-state index is 0.0446. The monoisotopic (exact) mass is 331 g/mol. The van der Waals surface area contributed by atoms with Crippen LogP contribution in [0, 0.1) is 0 Å². The molecule has 0 bridgehead atoms. The normalized spacial score (nSPS) is 14.0. The van der Waals surface area contributed by atoms with Crippen molar-refractivity contribution < 1.29 is 9.21 Å². The highest BCUT2D eigenvalue weighted by molar-refractivity contribution is 6.00. The first-order valence-electron chi connectivity index (χ1n) is 8.77. The molecule has 3 heteroatoms. The van der Waals surface area contributed by atoms with Gasteiger partial charge in [-0.2, -0.15) is 0 Å². The van der Waals surface area contributed by atoms with E-state index in [1.165, 1.54) is 11.1 Å². The van der Waals surface area contributed by atoms with E-state index in [2.05, 4.69) is 36.5 Å². The van der Waals surface area contributed by atoms with Crippen LogP contribution in [0.1, 0.15) is 36.7 Å². The van der Waals surface area contributed by atoms with Gasteiger partial charge in [0.25, 0.3) is 0 Å². The average molecular weight is 331 g/mol. The highest BCUT2D eigenvalue weighted by Crippen LogP contribution is 2.51. The van der Waals surface area contributed by atoms with Crippen LogP contribution in [0.5, 0.6) is 0 Å². The number of hydrogen-bond donors (Lipinski definition) is 1. The molecule has 25 heavy (non-hydrogen) atoms. The Labute approximate surface area is 147 Å². The van der Waals surface area contributed by atoms with Crippen LogP contribution in [-0.4, -0.2) is 5.91 Å². The summed E-state index contributed by atoms with van der Waals surface area (Å²) in [6, 6.07) is 20.3. The van der Waals surface area contributed by atoms with Crippen molar-refractivity contribution in [3.63, 3.8) is 0 Å². The molecule has 0 radical (unpaired) electrons. The lowest BCUT2D eigenvalue weighted by Gasteiger charge is -2.30. The molecule has 1 N–H and O–H groups in total. The standard InChI is InChI=1S/C22H21NO2/c1-2-13-22(21(24)23-15-16-8-7-14-25-16)19-11-5-3-9-17(19)18-10-4-6-12-20(18)22/h3-12,14H,2,13,15H2,1H3,(H,23,24). The molecule has 126 valence electrons. The van der Waals surface area contributed by atoms with E-state index in [0.717, 1.165) is 29.7 Å². The highest BCUT2D eigenvalue weighted by Gasteiger charge is 2.48. The maximum absolute atomic E-state index is 13.4. The first kappa shape index (κ1) is 15.7. The van der Waals surface area contributed by atoms with Gasteiger partial charge >= 0.3 is 0 Å². The number of fused-ring (bicyclic) bond motifs is 3. The summed E-state index contributed by atoms with van der Waals surface area (Å²) < 4.78 is 5.36. The van der Waals surface area contributed by atoms with E-state index in [1.807, 2.05) is 36.4 Å². The molecule has 0 spiro atoms. The Morgan fingerprint density at radius 1 is 0.960 bits per heavy atom. The van der Waals surface area contributed by atoms with Gasteiger partial charge in [-0.1, -0.05) is 61.9 Å². The van der Waals surface area contributed by atoms with E-state index in [4.69, 9.17) is 4.42 Å². The zero-order chi connectivity index (χ0) is 17.3. The summed E-state index contributed by atoms with van der Waals surface area (Å²) in [6.45, 7) is 2.53. The highest BCUT2D eigenvalue weighted by atomic mass is 16.3. The minimum atomic E-state index is -0.630. The second-order valence-electron chi connectivity index (χ2n) is 6.51. The summed E-state index contributed by atoms with van der Waals surface area (Å²) >= 11 is 0. The number of nitrogens with one attached hydrogen (secondary N) is 1. The van der Waals surface area contributed by atoms with Crippen LogP contribution in [0.15, 0.2) is 71.3 Å². The van der Waals surface area contributed by atoms with E-state index >= 15 is 0 Å². The van der Waals surface area contributed by atoms with Crippen molar-refractivity contribution in [2.24, 2.45) is 0 Å². The maximum Gasteiger partial charge on any atom is 0.235 e. The van der Waals surface area contributed by atoms with Crippen LogP contribution in [0.3, 0.4) is 0 Å². The molecule has 1 aromatic heterocycles. The Morgan fingerprint density at radius 3 is 2.16 bits per heavy atom. The number of rotatable bonds is 5. The molecule has 1 aliphatic carbocycles. The third kappa shape index (κ3) is 2.39. The van der Waals surface area contributed by atoms with Gasteiger partial charge < -0.3 is 9.73 Å². The summed E-state index contributed by atoms with van der Waals surface area (Å²) in [5.74, 6) is 0.808.